The van der Waals surface area contributed by atoms with Gasteiger partial charge in [0, 0.05) is 18.8 Å². The van der Waals surface area contributed by atoms with Gasteiger partial charge in [-0.1, -0.05) is 19.8 Å². The molecule has 0 N–H and O–H groups in total. The van der Waals surface area contributed by atoms with Crippen molar-refractivity contribution in [2.45, 2.75) is 52.9 Å². The van der Waals surface area contributed by atoms with Gasteiger partial charge in [0.2, 0.25) is 0 Å². The molecule has 0 aromatic carbocycles. The summed E-state index contributed by atoms with van der Waals surface area (Å²) in [5, 5.41) is 9.41. The Hall–Kier alpha value is -1.56. The van der Waals surface area contributed by atoms with E-state index >= 15 is 0 Å². The van der Waals surface area contributed by atoms with Crippen LogP contribution in [0.1, 0.15) is 55.8 Å². The normalized spacial score (nSPS) is 19.5. The second kappa shape index (κ2) is 6.74. The molecular weight excluding hydrogens is 246 g/mol. The molecule has 1 aliphatic rings. The smallest absolute Gasteiger partial charge is 0.147 e. The lowest BCUT2D eigenvalue weighted by atomic mass is 9.96. The molecule has 1 aromatic heterocycles. The molecule has 1 unspecified atom stereocenters. The number of hydrogen-bond acceptors (Lipinski definition) is 3. The Morgan fingerprint density at radius 3 is 2.85 bits per heavy atom. The predicted molar refractivity (Wildman–Crippen MR) is 82.9 cm³/mol. The van der Waals surface area contributed by atoms with Gasteiger partial charge in [0.25, 0.3) is 0 Å². The van der Waals surface area contributed by atoms with Gasteiger partial charge >= 0.3 is 0 Å². The van der Waals surface area contributed by atoms with Crippen LogP contribution < -0.4 is 4.90 Å². The van der Waals surface area contributed by atoms with E-state index in [-0.39, 0.29) is 0 Å². The maximum absolute atomic E-state index is 9.41. The molecule has 108 valence electrons. The van der Waals surface area contributed by atoms with Gasteiger partial charge in [-0.3, -0.25) is 0 Å². The van der Waals surface area contributed by atoms with Crippen LogP contribution in [0.25, 0.3) is 0 Å². The van der Waals surface area contributed by atoms with Crippen molar-refractivity contribution < 1.29 is 0 Å². The molecule has 0 spiro atoms. The highest BCUT2D eigenvalue weighted by atomic mass is 15.2. The van der Waals surface area contributed by atoms with Crippen molar-refractivity contribution in [1.29, 1.82) is 5.26 Å². The highest BCUT2D eigenvalue weighted by Gasteiger charge is 2.20. The number of nitrogens with zero attached hydrogens (tertiary/aromatic N) is 3. The molecule has 2 rings (SSSR count). The lowest BCUT2D eigenvalue weighted by Crippen LogP contribution is -2.26. The van der Waals surface area contributed by atoms with Crippen LogP contribution in [0.4, 0.5) is 5.82 Å². The maximum Gasteiger partial charge on any atom is 0.147 e. The predicted octanol–water partition coefficient (Wildman–Crippen LogP) is 3.98. The van der Waals surface area contributed by atoms with Crippen LogP contribution in [0, 0.1) is 31.1 Å². The lowest BCUT2D eigenvalue weighted by molar-refractivity contribution is 0.435. The van der Waals surface area contributed by atoms with E-state index in [1.807, 2.05) is 19.9 Å². The molecule has 0 saturated carbocycles. The lowest BCUT2D eigenvalue weighted by Gasteiger charge is -2.24. The molecule has 1 aromatic rings. The topological polar surface area (TPSA) is 39.9 Å². The zero-order valence-corrected chi connectivity index (χ0v) is 12.9. The summed E-state index contributed by atoms with van der Waals surface area (Å²) in [7, 11) is 0. The van der Waals surface area contributed by atoms with E-state index in [0.717, 1.165) is 41.6 Å². The van der Waals surface area contributed by atoms with Crippen molar-refractivity contribution in [1.82, 2.24) is 4.98 Å². The van der Waals surface area contributed by atoms with Gasteiger partial charge in [-0.2, -0.15) is 5.26 Å². The van der Waals surface area contributed by atoms with Gasteiger partial charge in [0.15, 0.2) is 0 Å². The molecule has 3 nitrogen and oxygen atoms in total. The third-order valence-corrected chi connectivity index (χ3v) is 4.28. The quantitative estimate of drug-likeness (QED) is 0.835. The first-order chi connectivity index (χ1) is 9.65. The first-order valence-corrected chi connectivity index (χ1v) is 7.79. The number of aryl methyl sites for hydroxylation is 2. The first-order valence-electron chi connectivity index (χ1n) is 7.79. The Morgan fingerprint density at radius 2 is 2.15 bits per heavy atom. The fourth-order valence-electron chi connectivity index (χ4n) is 3.26. The average molecular weight is 271 g/mol. The van der Waals surface area contributed by atoms with E-state index < -0.39 is 0 Å². The summed E-state index contributed by atoms with van der Waals surface area (Å²) in [6.07, 6.45) is 6.36. The fourth-order valence-corrected chi connectivity index (χ4v) is 3.26. The van der Waals surface area contributed by atoms with Crippen LogP contribution >= 0.6 is 0 Å². The molecule has 1 atom stereocenters. The molecule has 0 radical (unpaired) electrons. The van der Waals surface area contributed by atoms with Crippen LogP contribution in [-0.2, 0) is 0 Å². The van der Waals surface area contributed by atoms with Crippen molar-refractivity contribution in [2.75, 3.05) is 18.0 Å². The minimum atomic E-state index is 0.754. The van der Waals surface area contributed by atoms with Gasteiger partial charge in [-0.05, 0) is 50.7 Å². The van der Waals surface area contributed by atoms with Crippen LogP contribution in [-0.4, -0.2) is 18.1 Å². The van der Waals surface area contributed by atoms with Gasteiger partial charge in [0.05, 0.1) is 5.56 Å². The summed E-state index contributed by atoms with van der Waals surface area (Å²) in [5.74, 6) is 1.75. The number of anilines is 1. The number of aromatic nitrogens is 1. The third kappa shape index (κ3) is 3.30. The second-order valence-corrected chi connectivity index (χ2v) is 5.96. The molecule has 3 heteroatoms. The van der Waals surface area contributed by atoms with Gasteiger partial charge in [-0.25, -0.2) is 4.98 Å². The summed E-state index contributed by atoms with van der Waals surface area (Å²) >= 11 is 0. The van der Waals surface area contributed by atoms with Crippen molar-refractivity contribution in [2.24, 2.45) is 5.92 Å². The Labute approximate surface area is 122 Å². The highest BCUT2D eigenvalue weighted by Crippen LogP contribution is 2.27. The third-order valence-electron chi connectivity index (χ3n) is 4.28. The second-order valence-electron chi connectivity index (χ2n) is 5.96. The van der Waals surface area contributed by atoms with E-state index in [0.29, 0.717) is 0 Å². The first kappa shape index (κ1) is 14.8. The van der Waals surface area contributed by atoms with Gasteiger partial charge < -0.3 is 4.90 Å². The number of nitriles is 1. The zero-order valence-electron chi connectivity index (χ0n) is 12.9. The van der Waals surface area contributed by atoms with Crippen molar-refractivity contribution >= 4 is 5.82 Å². The van der Waals surface area contributed by atoms with Crippen molar-refractivity contribution in [3.63, 3.8) is 0 Å². The van der Waals surface area contributed by atoms with Crippen LogP contribution in [0.3, 0.4) is 0 Å². The fraction of sp³-hybridized carbons (Fsp3) is 0.647. The standard InChI is InChI=1S/C17H25N3/c1-4-6-15-7-5-9-20(10-8-15)17-16(12-18)13(2)11-14(3)19-17/h11,15H,4-10H2,1-3H3. The van der Waals surface area contributed by atoms with Crippen molar-refractivity contribution in [3.8, 4) is 6.07 Å². The van der Waals surface area contributed by atoms with Crippen LogP contribution in [0.15, 0.2) is 6.07 Å². The Balaban J connectivity index is 2.22. The van der Waals surface area contributed by atoms with Gasteiger partial charge in [0.1, 0.15) is 11.9 Å². The van der Waals surface area contributed by atoms with Crippen molar-refractivity contribution in [3.05, 3.63) is 22.9 Å². The van der Waals surface area contributed by atoms with Gasteiger partial charge in [-0.15, -0.1) is 0 Å². The Morgan fingerprint density at radius 1 is 1.35 bits per heavy atom. The molecule has 2 heterocycles. The number of pyridine rings is 1. The average Bonchev–Trinajstić information content (AvgIpc) is 2.64. The summed E-state index contributed by atoms with van der Waals surface area (Å²) in [4.78, 5) is 6.97. The van der Waals surface area contributed by atoms with Crippen LogP contribution in [0.5, 0.6) is 0 Å². The summed E-state index contributed by atoms with van der Waals surface area (Å²) in [6.45, 7) is 8.35. The molecule has 0 amide bonds. The van der Waals surface area contributed by atoms with E-state index in [1.54, 1.807) is 0 Å². The van der Waals surface area contributed by atoms with Crippen LogP contribution in [0.2, 0.25) is 0 Å². The SMILES string of the molecule is CCCC1CCCN(c2nc(C)cc(C)c2C#N)CC1. The minimum Gasteiger partial charge on any atom is -0.355 e. The monoisotopic (exact) mass is 271 g/mol. The molecule has 1 fully saturated rings. The number of rotatable bonds is 3. The molecule has 1 saturated heterocycles. The Bertz CT molecular complexity index is 502. The van der Waals surface area contributed by atoms with E-state index in [4.69, 9.17) is 0 Å². The van der Waals surface area contributed by atoms with E-state index in [2.05, 4.69) is 22.9 Å². The Kier molecular flexibility index (Phi) is 5.00. The largest absolute Gasteiger partial charge is 0.355 e. The molecule has 20 heavy (non-hydrogen) atoms. The molecule has 1 aliphatic heterocycles. The highest BCUT2D eigenvalue weighted by molar-refractivity contribution is 5.58. The van der Waals surface area contributed by atoms with E-state index in [9.17, 15) is 5.26 Å². The minimum absolute atomic E-state index is 0.754. The summed E-state index contributed by atoms with van der Waals surface area (Å²) < 4.78 is 0. The molecular formula is C17H25N3. The molecule has 0 bridgehead atoms. The van der Waals surface area contributed by atoms with E-state index in [1.165, 1.54) is 32.1 Å². The number of hydrogen-bond donors (Lipinski definition) is 0. The summed E-state index contributed by atoms with van der Waals surface area (Å²) in [5.41, 5.74) is 2.81. The maximum atomic E-state index is 9.41. The zero-order chi connectivity index (χ0) is 14.5. The molecule has 0 aliphatic carbocycles. The summed E-state index contributed by atoms with van der Waals surface area (Å²) in [6, 6.07) is 4.34.